The highest BCUT2D eigenvalue weighted by molar-refractivity contribution is 5.13. The lowest BCUT2D eigenvalue weighted by molar-refractivity contribution is -0.136. The molecule has 26 heavy (non-hydrogen) atoms. The van der Waals surface area contributed by atoms with Gasteiger partial charge in [-0.15, -0.1) is 0 Å². The molecule has 1 aromatic heterocycles. The Morgan fingerprint density at radius 2 is 1.96 bits per heavy atom. The fourth-order valence-corrected chi connectivity index (χ4v) is 2.93. The van der Waals surface area contributed by atoms with E-state index in [1.165, 1.54) is 0 Å². The number of H-pyrrole nitrogens is 1. The Morgan fingerprint density at radius 1 is 1.23 bits per heavy atom. The Bertz CT molecular complexity index is 850. The van der Waals surface area contributed by atoms with Crippen molar-refractivity contribution >= 4 is 0 Å². The van der Waals surface area contributed by atoms with Gasteiger partial charge in [-0.25, -0.2) is 4.79 Å². The zero-order chi connectivity index (χ0) is 18.7. The first-order valence-electron chi connectivity index (χ1n) is 8.05. The zero-order valence-electron chi connectivity index (χ0n) is 13.8. The highest BCUT2D eigenvalue weighted by atomic mass is 16.6. The van der Waals surface area contributed by atoms with Gasteiger partial charge in [0.15, 0.2) is 6.23 Å². The Kier molecular flexibility index (Phi) is 5.35. The van der Waals surface area contributed by atoms with Crippen LogP contribution in [0.1, 0.15) is 11.8 Å². The molecule has 2 aromatic rings. The van der Waals surface area contributed by atoms with Gasteiger partial charge in [-0.05, 0) is 5.56 Å². The van der Waals surface area contributed by atoms with Crippen LogP contribution in [0.3, 0.4) is 0 Å². The van der Waals surface area contributed by atoms with Crippen LogP contribution in [0.15, 0.2) is 52.2 Å². The van der Waals surface area contributed by atoms with E-state index in [4.69, 9.17) is 9.47 Å². The number of hydrogen-bond donors (Lipinski definition) is 4. The lowest BCUT2D eigenvalue weighted by Gasteiger charge is -2.29. The first kappa shape index (κ1) is 18.5. The molecule has 0 spiro atoms. The van der Waals surface area contributed by atoms with Gasteiger partial charge in [-0.3, -0.25) is 14.3 Å². The van der Waals surface area contributed by atoms with Gasteiger partial charge in [0.25, 0.3) is 5.56 Å². The Hall–Kier alpha value is -2.30. The number of nitrogens with zero attached hydrogens (tertiary/aromatic N) is 1. The molecule has 1 aliphatic rings. The van der Waals surface area contributed by atoms with Crippen molar-refractivity contribution in [3.05, 3.63) is 69.0 Å². The maximum absolute atomic E-state index is 11.9. The summed E-state index contributed by atoms with van der Waals surface area (Å²) >= 11 is 0. The van der Waals surface area contributed by atoms with Crippen molar-refractivity contribution in [1.82, 2.24) is 9.55 Å². The van der Waals surface area contributed by atoms with Gasteiger partial charge in [0, 0.05) is 12.3 Å². The molecule has 0 saturated carbocycles. The molecule has 4 N–H and O–H groups in total. The Balaban J connectivity index is 1.77. The molecule has 9 heteroatoms. The molecule has 2 heterocycles. The van der Waals surface area contributed by atoms with Crippen molar-refractivity contribution in [3.8, 4) is 0 Å². The number of aromatic amines is 1. The summed E-state index contributed by atoms with van der Waals surface area (Å²) in [5, 5.41) is 30.9. The van der Waals surface area contributed by atoms with E-state index in [1.807, 2.05) is 35.3 Å². The second kappa shape index (κ2) is 7.52. The molecule has 4 atom stereocenters. The van der Waals surface area contributed by atoms with Gasteiger partial charge in [0.2, 0.25) is 0 Å². The Labute approximate surface area is 148 Å². The largest absolute Gasteiger partial charge is 0.394 e. The van der Waals surface area contributed by atoms with Crippen LogP contribution in [-0.2, 0) is 16.1 Å². The van der Waals surface area contributed by atoms with Crippen LogP contribution < -0.4 is 11.2 Å². The van der Waals surface area contributed by atoms with E-state index in [1.54, 1.807) is 0 Å². The van der Waals surface area contributed by atoms with E-state index in [0.717, 1.165) is 22.4 Å². The second-order valence-corrected chi connectivity index (χ2v) is 6.13. The Morgan fingerprint density at radius 3 is 2.62 bits per heavy atom. The lowest BCUT2D eigenvalue weighted by atomic mass is 9.93. The number of ether oxygens (including phenoxy) is 2. The van der Waals surface area contributed by atoms with E-state index in [-0.39, 0.29) is 13.2 Å². The van der Waals surface area contributed by atoms with Crippen LogP contribution >= 0.6 is 0 Å². The van der Waals surface area contributed by atoms with Crippen molar-refractivity contribution in [1.29, 1.82) is 0 Å². The number of nitrogens with one attached hydrogen (secondary N) is 1. The zero-order valence-corrected chi connectivity index (χ0v) is 13.8. The van der Waals surface area contributed by atoms with Crippen molar-refractivity contribution in [2.75, 3.05) is 13.2 Å². The number of aliphatic hydroxyl groups excluding tert-OH is 2. The van der Waals surface area contributed by atoms with Crippen LogP contribution in [0.4, 0.5) is 0 Å². The third-order valence-corrected chi connectivity index (χ3v) is 4.38. The van der Waals surface area contributed by atoms with Crippen molar-refractivity contribution in [2.45, 2.75) is 30.6 Å². The normalized spacial score (nSPS) is 28.3. The molecule has 140 valence electrons. The van der Waals surface area contributed by atoms with E-state index < -0.39 is 41.9 Å². The number of aromatic nitrogens is 2. The van der Waals surface area contributed by atoms with Crippen LogP contribution in [0.5, 0.6) is 0 Å². The smallest absolute Gasteiger partial charge is 0.330 e. The molecule has 1 aliphatic heterocycles. The van der Waals surface area contributed by atoms with Gasteiger partial charge in [0.05, 0.1) is 19.8 Å². The molecular formula is C17H20N2O7. The van der Waals surface area contributed by atoms with Crippen molar-refractivity contribution in [2.24, 2.45) is 0 Å². The predicted octanol–water partition coefficient (Wildman–Crippen LogP) is -1.26. The maximum Gasteiger partial charge on any atom is 0.330 e. The number of rotatable bonds is 6. The highest BCUT2D eigenvalue weighted by Gasteiger charge is 2.56. The minimum atomic E-state index is -1.93. The molecule has 0 radical (unpaired) electrons. The lowest BCUT2D eigenvalue weighted by Crippen LogP contribution is -2.53. The topological polar surface area (TPSA) is 134 Å². The minimum absolute atomic E-state index is 0.192. The number of benzene rings is 1. The molecule has 1 aromatic carbocycles. The number of aliphatic hydroxyl groups is 3. The third kappa shape index (κ3) is 3.48. The first-order valence-corrected chi connectivity index (χ1v) is 8.05. The van der Waals surface area contributed by atoms with E-state index >= 15 is 0 Å². The maximum atomic E-state index is 11.9. The molecule has 1 fully saturated rings. The summed E-state index contributed by atoms with van der Waals surface area (Å²) in [6.45, 7) is -0.711. The second-order valence-electron chi connectivity index (χ2n) is 6.13. The van der Waals surface area contributed by atoms with Crippen molar-refractivity contribution < 1.29 is 24.8 Å². The minimum Gasteiger partial charge on any atom is -0.394 e. The number of hydrogen-bond acceptors (Lipinski definition) is 7. The summed E-state index contributed by atoms with van der Waals surface area (Å²) in [7, 11) is 0. The van der Waals surface area contributed by atoms with Crippen LogP contribution in [-0.4, -0.2) is 55.9 Å². The molecular weight excluding hydrogens is 344 g/mol. The first-order chi connectivity index (χ1) is 12.5. The predicted molar refractivity (Wildman–Crippen MR) is 89.4 cm³/mol. The van der Waals surface area contributed by atoms with E-state index in [2.05, 4.69) is 0 Å². The van der Waals surface area contributed by atoms with Gasteiger partial charge >= 0.3 is 5.69 Å². The fraction of sp³-hybridized carbons (Fsp3) is 0.412. The SMILES string of the molecule is O=c1ccn([C@@H]2O[C@H](CO)[C@](O)(COCc3ccccc3)[C@H]2O)c(=O)[nH]1. The van der Waals surface area contributed by atoms with Gasteiger partial charge in [-0.1, -0.05) is 30.3 Å². The standard InChI is InChI=1S/C17H20N2O7/c20-8-12-17(24,10-25-9-11-4-2-1-3-5-11)14(22)15(26-12)19-7-6-13(21)18-16(19)23/h1-7,12,14-15,20,22,24H,8-10H2,(H,18,21,23)/t12-,14+,15-,17-/m1/s1. The van der Waals surface area contributed by atoms with Gasteiger partial charge in [-0.2, -0.15) is 0 Å². The molecule has 1 saturated heterocycles. The molecule has 3 rings (SSSR count). The van der Waals surface area contributed by atoms with Crippen LogP contribution in [0.2, 0.25) is 0 Å². The van der Waals surface area contributed by atoms with Crippen LogP contribution in [0.25, 0.3) is 0 Å². The summed E-state index contributed by atoms with van der Waals surface area (Å²) in [5.74, 6) is 0. The summed E-state index contributed by atoms with van der Waals surface area (Å²) in [5.41, 5.74) is -2.45. The average molecular weight is 364 g/mol. The van der Waals surface area contributed by atoms with Crippen molar-refractivity contribution in [3.63, 3.8) is 0 Å². The molecule has 9 nitrogen and oxygen atoms in total. The monoisotopic (exact) mass is 364 g/mol. The molecule has 0 amide bonds. The summed E-state index contributed by atoms with van der Waals surface area (Å²) < 4.78 is 11.9. The summed E-state index contributed by atoms with van der Waals surface area (Å²) in [6.07, 6.45) is -2.85. The molecule has 0 bridgehead atoms. The fourth-order valence-electron chi connectivity index (χ4n) is 2.93. The average Bonchev–Trinajstić information content (AvgIpc) is 2.87. The van der Waals surface area contributed by atoms with E-state index in [9.17, 15) is 24.9 Å². The van der Waals surface area contributed by atoms with Crippen LogP contribution in [0, 0.1) is 0 Å². The van der Waals surface area contributed by atoms with E-state index in [0.29, 0.717) is 0 Å². The molecule has 0 unspecified atom stereocenters. The summed E-state index contributed by atoms with van der Waals surface area (Å²) in [4.78, 5) is 25.1. The van der Waals surface area contributed by atoms with Gasteiger partial charge < -0.3 is 24.8 Å². The quantitative estimate of drug-likeness (QED) is 0.502. The summed E-state index contributed by atoms with van der Waals surface area (Å²) in [6, 6.07) is 10.3. The third-order valence-electron chi connectivity index (χ3n) is 4.38. The van der Waals surface area contributed by atoms with Gasteiger partial charge in [0.1, 0.15) is 17.8 Å². The molecule has 0 aliphatic carbocycles. The highest BCUT2D eigenvalue weighted by Crippen LogP contribution is 2.36.